The minimum absolute atomic E-state index is 0.122. The molecular weight excluding hydrogens is 613 g/mol. The Morgan fingerprint density at radius 2 is 0.863 bits per heavy atom. The molecule has 238 valence electrons. The fourth-order valence-corrected chi connectivity index (χ4v) is 9.71. The Morgan fingerprint density at radius 3 is 1.51 bits per heavy atom. The van der Waals surface area contributed by atoms with Gasteiger partial charge >= 0.3 is 0 Å². The fraction of sp³-hybridized carbons (Fsp3) is 0.0588. The van der Waals surface area contributed by atoms with Crippen LogP contribution >= 0.6 is 0 Å². The molecule has 2 atom stereocenters. The van der Waals surface area contributed by atoms with E-state index in [0.717, 1.165) is 0 Å². The van der Waals surface area contributed by atoms with Crippen molar-refractivity contribution in [1.82, 2.24) is 0 Å². The highest BCUT2D eigenvalue weighted by molar-refractivity contribution is 6.27. The summed E-state index contributed by atoms with van der Waals surface area (Å²) in [5.74, 6) is 0.233. The lowest BCUT2D eigenvalue weighted by Gasteiger charge is -2.43. The molecule has 0 heteroatoms. The Balaban J connectivity index is 1.30. The van der Waals surface area contributed by atoms with Crippen LogP contribution in [0.1, 0.15) is 24.0 Å². The highest BCUT2D eigenvalue weighted by Gasteiger charge is 2.42. The topological polar surface area (TPSA) is 0 Å². The van der Waals surface area contributed by atoms with Gasteiger partial charge in [0.2, 0.25) is 0 Å². The van der Waals surface area contributed by atoms with Crippen molar-refractivity contribution in [2.45, 2.75) is 18.3 Å². The minimum Gasteiger partial charge on any atom is -0.0758 e. The molecule has 0 bridgehead atoms. The molecule has 9 aromatic rings. The summed E-state index contributed by atoms with van der Waals surface area (Å²) in [5.41, 5.74) is 10.6. The van der Waals surface area contributed by atoms with Gasteiger partial charge in [-0.05, 0) is 111 Å². The number of benzene rings is 9. The molecule has 2 aliphatic carbocycles. The number of hydrogen-bond donors (Lipinski definition) is 0. The third-order valence-electron chi connectivity index (χ3n) is 11.9. The van der Waals surface area contributed by atoms with E-state index in [0.29, 0.717) is 0 Å². The minimum atomic E-state index is -0.122. The second-order valence-electron chi connectivity index (χ2n) is 14.5. The van der Waals surface area contributed by atoms with Gasteiger partial charge in [-0.25, -0.2) is 0 Å². The van der Waals surface area contributed by atoms with Crippen LogP contribution in [0.5, 0.6) is 0 Å². The van der Waals surface area contributed by atoms with E-state index in [-0.39, 0.29) is 11.3 Å². The van der Waals surface area contributed by atoms with E-state index in [1.165, 1.54) is 98.4 Å². The molecule has 2 unspecified atom stereocenters. The van der Waals surface area contributed by atoms with Gasteiger partial charge in [0.25, 0.3) is 0 Å². The van der Waals surface area contributed by atoms with Crippen molar-refractivity contribution in [3.63, 3.8) is 0 Å². The Kier molecular flexibility index (Phi) is 5.96. The van der Waals surface area contributed by atoms with Crippen molar-refractivity contribution in [1.29, 1.82) is 0 Å². The SMILES string of the molecule is CC12C=CC=CC1c1cc(-c3c4ccccc4c(-c4cc5ccccc5c5ccccc45)c4ccccc34)c3ccccc3c1-c1ccccc12. The zero-order chi connectivity index (χ0) is 33.7. The molecule has 0 heterocycles. The van der Waals surface area contributed by atoms with Crippen LogP contribution in [0.15, 0.2) is 182 Å². The van der Waals surface area contributed by atoms with Crippen LogP contribution in [0, 0.1) is 0 Å². The molecule has 11 rings (SSSR count). The Labute approximate surface area is 297 Å². The van der Waals surface area contributed by atoms with Crippen molar-refractivity contribution in [3.8, 4) is 33.4 Å². The van der Waals surface area contributed by atoms with Crippen molar-refractivity contribution in [2.75, 3.05) is 0 Å². The Morgan fingerprint density at radius 1 is 0.392 bits per heavy atom. The summed E-state index contributed by atoms with van der Waals surface area (Å²) < 4.78 is 0. The second-order valence-corrected chi connectivity index (χ2v) is 14.5. The number of fused-ring (bicyclic) bond motifs is 13. The van der Waals surface area contributed by atoms with Crippen molar-refractivity contribution in [3.05, 3.63) is 193 Å². The first kappa shape index (κ1) is 28.6. The summed E-state index contributed by atoms with van der Waals surface area (Å²) >= 11 is 0. The predicted octanol–water partition coefficient (Wildman–Crippen LogP) is 13.9. The number of hydrogen-bond acceptors (Lipinski definition) is 0. The van der Waals surface area contributed by atoms with E-state index in [1.54, 1.807) is 0 Å². The Bertz CT molecular complexity index is 2930. The largest absolute Gasteiger partial charge is 0.0758 e. The smallest absolute Gasteiger partial charge is 0.0216 e. The van der Waals surface area contributed by atoms with Gasteiger partial charge in [0.05, 0.1) is 0 Å². The summed E-state index contributed by atoms with van der Waals surface area (Å²) in [6.07, 6.45) is 9.32. The lowest BCUT2D eigenvalue weighted by molar-refractivity contribution is 0.519. The summed E-state index contributed by atoms with van der Waals surface area (Å²) in [7, 11) is 0. The third-order valence-corrected chi connectivity index (χ3v) is 11.9. The molecule has 0 aromatic heterocycles. The predicted molar refractivity (Wildman–Crippen MR) is 219 cm³/mol. The number of rotatable bonds is 2. The standard InChI is InChI=1S/C51H34/c1-51-29-15-14-28-47(51)45-31-44(36-20-6-7-21-37(36)50(45)42-26-12-13-27-46(42)51)49-40-24-10-8-22-38(40)48(39-23-9-11-25-41(39)49)43-30-32-16-2-3-17-33(32)34-18-4-5-19-35(34)43/h2-31,47H,1H3. The highest BCUT2D eigenvalue weighted by atomic mass is 14.4. The third kappa shape index (κ3) is 3.91. The van der Waals surface area contributed by atoms with Crippen molar-refractivity contribution < 1.29 is 0 Å². The van der Waals surface area contributed by atoms with Crippen LogP contribution in [0.3, 0.4) is 0 Å². The van der Waals surface area contributed by atoms with Gasteiger partial charge in [0.1, 0.15) is 0 Å². The molecule has 51 heavy (non-hydrogen) atoms. The first-order valence-corrected chi connectivity index (χ1v) is 18.1. The van der Waals surface area contributed by atoms with Gasteiger partial charge in [-0.2, -0.15) is 0 Å². The molecule has 0 nitrogen and oxygen atoms in total. The van der Waals surface area contributed by atoms with E-state index in [9.17, 15) is 0 Å². The number of allylic oxidation sites excluding steroid dienone is 4. The van der Waals surface area contributed by atoms with E-state index < -0.39 is 0 Å². The molecule has 0 saturated heterocycles. The van der Waals surface area contributed by atoms with Crippen molar-refractivity contribution >= 4 is 53.9 Å². The van der Waals surface area contributed by atoms with E-state index in [2.05, 4.69) is 189 Å². The first-order valence-electron chi connectivity index (χ1n) is 18.1. The van der Waals surface area contributed by atoms with E-state index >= 15 is 0 Å². The maximum absolute atomic E-state index is 2.55. The summed E-state index contributed by atoms with van der Waals surface area (Å²) in [5, 5.41) is 12.9. The molecule has 9 aromatic carbocycles. The van der Waals surface area contributed by atoms with Gasteiger partial charge in [0, 0.05) is 11.3 Å². The fourth-order valence-electron chi connectivity index (χ4n) is 9.71. The molecule has 0 fully saturated rings. The summed E-state index contributed by atoms with van der Waals surface area (Å²) in [4.78, 5) is 0. The second kappa shape index (κ2) is 10.6. The van der Waals surface area contributed by atoms with Crippen molar-refractivity contribution in [2.24, 2.45) is 0 Å². The lowest BCUT2D eigenvalue weighted by Crippen LogP contribution is -2.32. The van der Waals surface area contributed by atoms with Gasteiger partial charge < -0.3 is 0 Å². The molecule has 0 saturated carbocycles. The monoisotopic (exact) mass is 646 g/mol. The normalized spacial score (nSPS) is 17.6. The molecular formula is C51H34. The quantitative estimate of drug-likeness (QED) is 0.129. The highest BCUT2D eigenvalue weighted by Crippen LogP contribution is 2.57. The van der Waals surface area contributed by atoms with Gasteiger partial charge in [-0.1, -0.05) is 177 Å². The van der Waals surface area contributed by atoms with E-state index in [4.69, 9.17) is 0 Å². The van der Waals surface area contributed by atoms with Crippen LogP contribution in [0.2, 0.25) is 0 Å². The molecule has 0 amide bonds. The zero-order valence-corrected chi connectivity index (χ0v) is 28.4. The summed E-state index contributed by atoms with van der Waals surface area (Å²) in [6, 6.07) is 59.1. The molecule has 0 N–H and O–H groups in total. The first-order chi connectivity index (χ1) is 25.2. The average molecular weight is 647 g/mol. The van der Waals surface area contributed by atoms with Crippen LogP contribution in [0.4, 0.5) is 0 Å². The Hall–Kier alpha value is -6.24. The van der Waals surface area contributed by atoms with Crippen LogP contribution < -0.4 is 0 Å². The van der Waals surface area contributed by atoms with Crippen LogP contribution in [-0.4, -0.2) is 0 Å². The van der Waals surface area contributed by atoms with Crippen LogP contribution in [-0.2, 0) is 5.41 Å². The zero-order valence-electron chi connectivity index (χ0n) is 28.4. The van der Waals surface area contributed by atoms with Gasteiger partial charge in [0.15, 0.2) is 0 Å². The maximum Gasteiger partial charge on any atom is 0.0216 e. The maximum atomic E-state index is 2.55. The van der Waals surface area contributed by atoms with Gasteiger partial charge in [-0.15, -0.1) is 0 Å². The lowest BCUT2D eigenvalue weighted by atomic mass is 9.60. The van der Waals surface area contributed by atoms with E-state index in [1.807, 2.05) is 0 Å². The van der Waals surface area contributed by atoms with Crippen LogP contribution in [0.25, 0.3) is 87.2 Å². The molecule has 0 spiro atoms. The average Bonchev–Trinajstić information content (AvgIpc) is 3.19. The molecule has 2 aliphatic rings. The molecule has 0 aliphatic heterocycles. The summed E-state index contributed by atoms with van der Waals surface area (Å²) in [6.45, 7) is 2.42. The van der Waals surface area contributed by atoms with Gasteiger partial charge in [-0.3, -0.25) is 0 Å². The molecule has 0 radical (unpaired) electrons.